The van der Waals surface area contributed by atoms with Crippen LogP contribution >= 0.6 is 0 Å². The van der Waals surface area contributed by atoms with Gasteiger partial charge in [0.2, 0.25) is 0 Å². The predicted octanol–water partition coefficient (Wildman–Crippen LogP) is 4.05. The SMILES string of the molecule is CCOc1ccc(N(CCC#N)C(=O)COC(=O)c2cc3ccccc3cc2O)cc1. The van der Waals surface area contributed by atoms with Crippen molar-refractivity contribution in [3.63, 3.8) is 0 Å². The molecule has 7 heteroatoms. The molecule has 31 heavy (non-hydrogen) atoms. The van der Waals surface area contributed by atoms with E-state index in [1.807, 2.05) is 37.3 Å². The fourth-order valence-corrected chi connectivity index (χ4v) is 3.12. The zero-order chi connectivity index (χ0) is 22.2. The van der Waals surface area contributed by atoms with Crippen LogP contribution in [0.4, 0.5) is 5.69 Å². The van der Waals surface area contributed by atoms with E-state index in [9.17, 15) is 14.7 Å². The third kappa shape index (κ3) is 5.31. The molecule has 0 unspecified atom stereocenters. The molecule has 3 aromatic rings. The molecule has 0 heterocycles. The summed E-state index contributed by atoms with van der Waals surface area (Å²) in [5, 5.41) is 20.6. The fourth-order valence-electron chi connectivity index (χ4n) is 3.12. The summed E-state index contributed by atoms with van der Waals surface area (Å²) < 4.78 is 10.6. The molecular weight excluding hydrogens is 396 g/mol. The standard InChI is InChI=1S/C24H22N2O5/c1-2-30-20-10-8-19(9-11-20)26(13-5-12-25)23(28)16-31-24(29)21-14-17-6-3-4-7-18(17)15-22(21)27/h3-4,6-11,14-15,27H,2,5,13,16H2,1H3. The molecule has 1 amide bonds. The summed E-state index contributed by atoms with van der Waals surface area (Å²) in [6.07, 6.45) is 0.123. The van der Waals surface area contributed by atoms with E-state index >= 15 is 0 Å². The van der Waals surface area contributed by atoms with Gasteiger partial charge in [0.25, 0.3) is 5.91 Å². The van der Waals surface area contributed by atoms with E-state index in [4.69, 9.17) is 14.7 Å². The van der Waals surface area contributed by atoms with Gasteiger partial charge < -0.3 is 19.5 Å². The highest BCUT2D eigenvalue weighted by Crippen LogP contribution is 2.26. The van der Waals surface area contributed by atoms with E-state index < -0.39 is 18.5 Å². The molecule has 0 fully saturated rings. The Balaban J connectivity index is 1.72. The number of hydrogen-bond acceptors (Lipinski definition) is 6. The lowest BCUT2D eigenvalue weighted by molar-refractivity contribution is -0.121. The van der Waals surface area contributed by atoms with Crippen molar-refractivity contribution in [2.75, 3.05) is 24.7 Å². The number of anilines is 1. The van der Waals surface area contributed by atoms with Crippen LogP contribution in [0.5, 0.6) is 11.5 Å². The molecule has 0 aliphatic carbocycles. The summed E-state index contributed by atoms with van der Waals surface area (Å²) >= 11 is 0. The van der Waals surface area contributed by atoms with Gasteiger partial charge in [-0.25, -0.2) is 4.79 Å². The van der Waals surface area contributed by atoms with Crippen molar-refractivity contribution in [3.05, 3.63) is 66.2 Å². The second-order valence-corrected chi connectivity index (χ2v) is 6.67. The molecular formula is C24H22N2O5. The van der Waals surface area contributed by atoms with Crippen molar-refractivity contribution >= 4 is 28.3 Å². The van der Waals surface area contributed by atoms with Crippen molar-refractivity contribution in [3.8, 4) is 17.6 Å². The quantitative estimate of drug-likeness (QED) is 0.554. The molecule has 0 aliphatic rings. The first-order valence-electron chi connectivity index (χ1n) is 9.82. The van der Waals surface area contributed by atoms with Gasteiger partial charge >= 0.3 is 5.97 Å². The highest BCUT2D eigenvalue weighted by molar-refractivity contribution is 6.00. The van der Waals surface area contributed by atoms with Gasteiger partial charge in [-0.2, -0.15) is 5.26 Å². The van der Waals surface area contributed by atoms with Crippen LogP contribution in [0, 0.1) is 11.3 Å². The average Bonchev–Trinajstić information content (AvgIpc) is 2.78. The Morgan fingerprint density at radius 1 is 1.06 bits per heavy atom. The molecule has 7 nitrogen and oxygen atoms in total. The van der Waals surface area contributed by atoms with Crippen LogP contribution in [-0.2, 0) is 9.53 Å². The Bertz CT molecular complexity index is 1120. The van der Waals surface area contributed by atoms with Crippen LogP contribution in [0.15, 0.2) is 60.7 Å². The zero-order valence-corrected chi connectivity index (χ0v) is 17.1. The van der Waals surface area contributed by atoms with Crippen molar-refractivity contribution in [2.24, 2.45) is 0 Å². The predicted molar refractivity (Wildman–Crippen MR) is 116 cm³/mol. The number of nitrogens with zero attached hydrogens (tertiary/aromatic N) is 2. The molecule has 0 aliphatic heterocycles. The van der Waals surface area contributed by atoms with Crippen LogP contribution in [0.1, 0.15) is 23.7 Å². The van der Waals surface area contributed by atoms with Crippen molar-refractivity contribution in [1.82, 2.24) is 0 Å². The summed E-state index contributed by atoms with van der Waals surface area (Å²) in [6.45, 7) is 2.03. The van der Waals surface area contributed by atoms with Crippen LogP contribution in [0.2, 0.25) is 0 Å². The molecule has 1 N–H and O–H groups in total. The lowest BCUT2D eigenvalue weighted by Gasteiger charge is -2.22. The number of benzene rings is 3. The van der Waals surface area contributed by atoms with E-state index in [2.05, 4.69) is 0 Å². The van der Waals surface area contributed by atoms with Gasteiger partial charge in [0.1, 0.15) is 17.1 Å². The van der Waals surface area contributed by atoms with E-state index in [-0.39, 0.29) is 24.3 Å². The van der Waals surface area contributed by atoms with Crippen LogP contribution < -0.4 is 9.64 Å². The number of nitriles is 1. The van der Waals surface area contributed by atoms with Gasteiger partial charge in [-0.05, 0) is 54.1 Å². The lowest BCUT2D eigenvalue weighted by Crippen LogP contribution is -2.35. The monoisotopic (exact) mass is 418 g/mol. The normalized spacial score (nSPS) is 10.3. The van der Waals surface area contributed by atoms with Gasteiger partial charge in [-0.3, -0.25) is 4.79 Å². The Morgan fingerprint density at radius 2 is 1.74 bits per heavy atom. The first-order chi connectivity index (χ1) is 15.0. The number of carbonyl (C=O) groups is 2. The Kier molecular flexibility index (Phi) is 7.07. The van der Waals surface area contributed by atoms with Gasteiger partial charge in [0.15, 0.2) is 6.61 Å². The third-order valence-corrected chi connectivity index (χ3v) is 4.62. The second-order valence-electron chi connectivity index (χ2n) is 6.67. The average molecular weight is 418 g/mol. The Morgan fingerprint density at radius 3 is 2.39 bits per heavy atom. The van der Waals surface area contributed by atoms with E-state index in [0.717, 1.165) is 10.8 Å². The van der Waals surface area contributed by atoms with E-state index in [0.29, 0.717) is 18.0 Å². The van der Waals surface area contributed by atoms with E-state index in [1.165, 1.54) is 17.0 Å². The largest absolute Gasteiger partial charge is 0.507 e. The molecule has 0 saturated carbocycles. The maximum Gasteiger partial charge on any atom is 0.342 e. The lowest BCUT2D eigenvalue weighted by atomic mass is 10.1. The van der Waals surface area contributed by atoms with Crippen LogP contribution in [-0.4, -0.2) is 36.7 Å². The molecule has 0 radical (unpaired) electrons. The van der Waals surface area contributed by atoms with Gasteiger partial charge in [-0.15, -0.1) is 0 Å². The van der Waals surface area contributed by atoms with Gasteiger partial charge in [-0.1, -0.05) is 24.3 Å². The molecule has 0 bridgehead atoms. The maximum absolute atomic E-state index is 12.7. The number of carbonyl (C=O) groups excluding carboxylic acids is 2. The number of amides is 1. The third-order valence-electron chi connectivity index (χ3n) is 4.62. The number of hydrogen-bond donors (Lipinski definition) is 1. The first kappa shape index (κ1) is 21.7. The summed E-state index contributed by atoms with van der Waals surface area (Å²) in [5.74, 6) is -0.835. The van der Waals surface area contributed by atoms with Crippen LogP contribution in [0.3, 0.4) is 0 Å². The summed E-state index contributed by atoms with van der Waals surface area (Å²) in [4.78, 5) is 26.6. The van der Waals surface area contributed by atoms with Crippen molar-refractivity contribution in [1.29, 1.82) is 5.26 Å². The number of ether oxygens (including phenoxy) is 2. The molecule has 158 valence electrons. The molecule has 0 spiro atoms. The fraction of sp³-hybridized carbons (Fsp3) is 0.208. The van der Waals surface area contributed by atoms with Gasteiger partial charge in [0.05, 0.1) is 19.1 Å². The molecule has 0 aromatic heterocycles. The van der Waals surface area contributed by atoms with Crippen LogP contribution in [0.25, 0.3) is 10.8 Å². The molecule has 0 atom stereocenters. The number of phenolic OH excluding ortho intramolecular Hbond substituents is 1. The minimum Gasteiger partial charge on any atom is -0.507 e. The maximum atomic E-state index is 12.7. The molecule has 3 rings (SSSR count). The number of rotatable bonds is 8. The van der Waals surface area contributed by atoms with Crippen molar-refractivity contribution in [2.45, 2.75) is 13.3 Å². The topological polar surface area (TPSA) is 99.9 Å². The smallest absolute Gasteiger partial charge is 0.342 e. The Labute approximate surface area is 180 Å². The highest BCUT2D eigenvalue weighted by Gasteiger charge is 2.20. The highest BCUT2D eigenvalue weighted by atomic mass is 16.5. The molecule has 0 saturated heterocycles. The number of esters is 1. The number of fused-ring (bicyclic) bond motifs is 1. The summed E-state index contributed by atoms with van der Waals surface area (Å²) in [6, 6.07) is 19.2. The second kappa shape index (κ2) is 10.1. The number of aromatic hydroxyl groups is 1. The van der Waals surface area contributed by atoms with Crippen molar-refractivity contribution < 1.29 is 24.2 Å². The minimum atomic E-state index is -0.802. The van der Waals surface area contributed by atoms with E-state index in [1.54, 1.807) is 24.3 Å². The Hall–Kier alpha value is -4.05. The summed E-state index contributed by atoms with van der Waals surface area (Å²) in [7, 11) is 0. The van der Waals surface area contributed by atoms with Gasteiger partial charge in [0, 0.05) is 12.2 Å². The number of phenols is 1. The molecule has 3 aromatic carbocycles. The summed E-state index contributed by atoms with van der Waals surface area (Å²) in [5.41, 5.74) is 0.546. The zero-order valence-electron chi connectivity index (χ0n) is 17.1. The first-order valence-corrected chi connectivity index (χ1v) is 9.82. The minimum absolute atomic E-state index is 0.0175.